The van der Waals surface area contributed by atoms with Crippen molar-refractivity contribution in [3.8, 4) is 0 Å². The zero-order valence-electron chi connectivity index (χ0n) is 14.0. The van der Waals surface area contributed by atoms with Crippen LogP contribution in [-0.2, 0) is 24.9 Å². The number of hydrogen-bond acceptors (Lipinski definition) is 4. The topological polar surface area (TPSA) is 56.3 Å². The summed E-state index contributed by atoms with van der Waals surface area (Å²) < 4.78 is 48.5. The van der Waals surface area contributed by atoms with Crippen LogP contribution in [0.5, 0.6) is 0 Å². The molecule has 5 nitrogen and oxygen atoms in total. The largest absolute Gasteiger partial charge is 0.374 e. The van der Waals surface area contributed by atoms with Crippen LogP contribution < -0.4 is 5.73 Å². The molecule has 4 rings (SSSR count). The highest BCUT2D eigenvalue weighted by Crippen LogP contribution is 2.38. The summed E-state index contributed by atoms with van der Waals surface area (Å²) in [7, 11) is 1.92. The minimum atomic E-state index is -1.14. The predicted molar refractivity (Wildman–Crippen MR) is 85.1 cm³/mol. The summed E-state index contributed by atoms with van der Waals surface area (Å²) in [5.41, 5.74) is 8.60. The first-order valence-corrected chi connectivity index (χ1v) is 8.46. The molecule has 1 aromatic rings. The van der Waals surface area contributed by atoms with Crippen molar-refractivity contribution in [2.75, 3.05) is 6.61 Å². The molecular weight excluding hydrogens is 333 g/mol. The summed E-state index contributed by atoms with van der Waals surface area (Å²) in [5, 5.41) is 4.24. The molecule has 0 aromatic carbocycles. The van der Waals surface area contributed by atoms with Crippen LogP contribution in [-0.4, -0.2) is 39.5 Å². The van der Waals surface area contributed by atoms with Crippen LogP contribution in [0.25, 0.3) is 0 Å². The molecule has 1 aromatic heterocycles. The fourth-order valence-corrected chi connectivity index (χ4v) is 4.07. The normalized spacial score (nSPS) is 33.6. The Morgan fingerprint density at radius 2 is 2.08 bits per heavy atom. The molecule has 3 heterocycles. The molecule has 1 unspecified atom stereocenters. The van der Waals surface area contributed by atoms with E-state index in [0.29, 0.717) is 19.1 Å². The molecule has 1 fully saturated rings. The van der Waals surface area contributed by atoms with Crippen LogP contribution in [0.3, 0.4) is 0 Å². The van der Waals surface area contributed by atoms with E-state index in [-0.39, 0.29) is 12.5 Å². The van der Waals surface area contributed by atoms with Crippen molar-refractivity contribution in [3.63, 3.8) is 0 Å². The Hall–Kier alpha value is -1.64. The molecule has 136 valence electrons. The molecule has 2 N–H and O–H groups in total. The van der Waals surface area contributed by atoms with Crippen LogP contribution in [0.4, 0.5) is 13.2 Å². The Kier molecular flexibility index (Phi) is 4.21. The molecule has 0 spiro atoms. The molecule has 3 aliphatic rings. The highest BCUT2D eigenvalue weighted by molar-refractivity contribution is 5.27. The second-order valence-electron chi connectivity index (χ2n) is 7.09. The number of allylic oxidation sites excluding steroid dienone is 3. The number of halogens is 3. The van der Waals surface area contributed by atoms with Gasteiger partial charge in [-0.05, 0) is 6.42 Å². The van der Waals surface area contributed by atoms with Gasteiger partial charge in [0, 0.05) is 56.2 Å². The van der Waals surface area contributed by atoms with Crippen LogP contribution in [0.2, 0.25) is 0 Å². The van der Waals surface area contributed by atoms with Crippen molar-refractivity contribution in [1.29, 1.82) is 0 Å². The van der Waals surface area contributed by atoms with E-state index in [9.17, 15) is 13.2 Å². The zero-order valence-corrected chi connectivity index (χ0v) is 14.0. The maximum atomic E-state index is 14.1. The summed E-state index contributed by atoms with van der Waals surface area (Å²) in [4.78, 5) is 2.27. The number of rotatable bonds is 2. The lowest BCUT2D eigenvalue weighted by Crippen LogP contribution is -2.54. The molecule has 8 heteroatoms. The number of ether oxygens (including phenoxy) is 1. The van der Waals surface area contributed by atoms with Gasteiger partial charge >= 0.3 is 0 Å². The SMILES string of the molecule is Cn1ncc2c1CN([C@H]1COC([C@H]3CC(F)=C(F)C=C3F)[C@@H](N)C1)C2. The minimum Gasteiger partial charge on any atom is -0.374 e. The zero-order chi connectivity index (χ0) is 17.7. The number of aryl methyl sites for hydroxylation is 1. The number of aromatic nitrogens is 2. The van der Waals surface area contributed by atoms with Gasteiger partial charge in [-0.1, -0.05) is 0 Å². The standard InChI is InChI=1S/C17H21F3N4O/c1-23-16-7-24(6-9(16)5-22-23)10-2-15(21)17(25-8-10)11-3-13(19)14(20)4-12(11)18/h4-5,10-11,15,17H,2-3,6-8,21H2,1H3/t10-,11+,15+,17?/m1/s1. The van der Waals surface area contributed by atoms with E-state index in [2.05, 4.69) is 10.00 Å². The highest BCUT2D eigenvalue weighted by Gasteiger charge is 2.41. The molecule has 25 heavy (non-hydrogen) atoms. The van der Waals surface area contributed by atoms with E-state index >= 15 is 0 Å². The highest BCUT2D eigenvalue weighted by atomic mass is 19.2. The Labute approximate surface area is 143 Å². The van der Waals surface area contributed by atoms with Gasteiger partial charge in [-0.15, -0.1) is 0 Å². The van der Waals surface area contributed by atoms with E-state index in [0.717, 1.165) is 13.1 Å². The lowest BCUT2D eigenvalue weighted by molar-refractivity contribution is -0.0732. The van der Waals surface area contributed by atoms with E-state index in [1.807, 2.05) is 17.9 Å². The average Bonchev–Trinajstić information content (AvgIpc) is 3.14. The third-order valence-electron chi connectivity index (χ3n) is 5.51. The van der Waals surface area contributed by atoms with Gasteiger partial charge < -0.3 is 10.5 Å². The van der Waals surface area contributed by atoms with Crippen LogP contribution in [0.15, 0.2) is 29.8 Å². The summed E-state index contributed by atoms with van der Waals surface area (Å²) in [6.07, 6.45) is 2.13. The van der Waals surface area contributed by atoms with Crippen LogP contribution >= 0.6 is 0 Å². The maximum absolute atomic E-state index is 14.1. The smallest absolute Gasteiger partial charge is 0.157 e. The molecule has 2 aliphatic heterocycles. The van der Waals surface area contributed by atoms with E-state index in [1.54, 1.807) is 0 Å². The number of nitrogens with two attached hydrogens (primary N) is 1. The van der Waals surface area contributed by atoms with Gasteiger partial charge in [0.05, 0.1) is 24.6 Å². The average molecular weight is 354 g/mol. The van der Waals surface area contributed by atoms with Gasteiger partial charge in [0.1, 0.15) is 11.7 Å². The molecule has 0 bridgehead atoms. The van der Waals surface area contributed by atoms with Crippen molar-refractivity contribution in [2.24, 2.45) is 18.7 Å². The van der Waals surface area contributed by atoms with E-state index < -0.39 is 35.5 Å². The molecule has 0 radical (unpaired) electrons. The first-order chi connectivity index (χ1) is 11.9. The van der Waals surface area contributed by atoms with E-state index in [1.165, 1.54) is 11.3 Å². The van der Waals surface area contributed by atoms with Crippen molar-refractivity contribution in [3.05, 3.63) is 41.0 Å². The summed E-state index contributed by atoms with van der Waals surface area (Å²) in [6.45, 7) is 1.96. The van der Waals surface area contributed by atoms with Crippen LogP contribution in [0, 0.1) is 5.92 Å². The Morgan fingerprint density at radius 3 is 2.80 bits per heavy atom. The van der Waals surface area contributed by atoms with Gasteiger partial charge in [-0.25, -0.2) is 13.2 Å². The van der Waals surface area contributed by atoms with Gasteiger partial charge in [0.25, 0.3) is 0 Å². The second-order valence-corrected chi connectivity index (χ2v) is 7.09. The molecule has 0 saturated carbocycles. The summed E-state index contributed by atoms with van der Waals surface area (Å²) in [5.74, 6) is -3.63. The fourth-order valence-electron chi connectivity index (χ4n) is 4.07. The van der Waals surface area contributed by atoms with Crippen molar-refractivity contribution >= 4 is 0 Å². The summed E-state index contributed by atoms with van der Waals surface area (Å²) >= 11 is 0. The number of hydrogen-bond donors (Lipinski definition) is 1. The van der Waals surface area contributed by atoms with Crippen molar-refractivity contribution in [2.45, 2.75) is 44.1 Å². The molecule has 0 amide bonds. The quantitative estimate of drug-likeness (QED) is 0.885. The Bertz CT molecular complexity index is 744. The lowest BCUT2D eigenvalue weighted by Gasteiger charge is -2.41. The monoisotopic (exact) mass is 354 g/mol. The minimum absolute atomic E-state index is 0.117. The van der Waals surface area contributed by atoms with Crippen molar-refractivity contribution in [1.82, 2.24) is 14.7 Å². The molecule has 1 saturated heterocycles. The molecular formula is C17H21F3N4O. The van der Waals surface area contributed by atoms with Gasteiger partial charge in [0.2, 0.25) is 0 Å². The fraction of sp³-hybridized carbons (Fsp3) is 0.588. The second kappa shape index (κ2) is 6.26. The Balaban J connectivity index is 1.41. The van der Waals surface area contributed by atoms with Gasteiger partial charge in [-0.2, -0.15) is 5.10 Å². The molecule has 4 atom stereocenters. The van der Waals surface area contributed by atoms with Gasteiger partial charge in [0.15, 0.2) is 5.83 Å². The first-order valence-electron chi connectivity index (χ1n) is 8.46. The van der Waals surface area contributed by atoms with Crippen LogP contribution in [0.1, 0.15) is 24.1 Å². The van der Waals surface area contributed by atoms with Gasteiger partial charge in [-0.3, -0.25) is 9.58 Å². The Morgan fingerprint density at radius 1 is 1.28 bits per heavy atom. The van der Waals surface area contributed by atoms with E-state index in [4.69, 9.17) is 10.5 Å². The predicted octanol–water partition coefficient (Wildman–Crippen LogP) is 2.24. The number of fused-ring (bicyclic) bond motifs is 1. The first kappa shape index (κ1) is 16.8. The maximum Gasteiger partial charge on any atom is 0.157 e. The lowest BCUT2D eigenvalue weighted by atomic mass is 9.84. The molecule has 1 aliphatic carbocycles. The summed E-state index contributed by atoms with van der Waals surface area (Å²) in [6, 6.07) is -0.315. The van der Waals surface area contributed by atoms with Crippen molar-refractivity contribution < 1.29 is 17.9 Å². The third-order valence-corrected chi connectivity index (χ3v) is 5.51. The third kappa shape index (κ3) is 2.92. The number of nitrogens with zero attached hydrogens (tertiary/aromatic N) is 3.